The van der Waals surface area contributed by atoms with E-state index in [0.717, 1.165) is 15.7 Å². The van der Waals surface area contributed by atoms with Crippen LogP contribution in [0.2, 0.25) is 0 Å². The second kappa shape index (κ2) is 40.6. The van der Waals surface area contributed by atoms with E-state index in [2.05, 4.69) is 27.5 Å². The molecule has 25 heteroatoms. The molecule has 0 aliphatic carbocycles. The SMILES string of the molecule is C=C1CN(C)C(=O)CN(C)C(=O)[C@H](CC)CC(=O)[C@H]([C@H](O)[C@H](C)C/C=C/C)N(C)C(=O)[C@H](C(C)C)N(C)C(=O)[C@H](CC(C)C)N(C)C(=O)[C@H](CC(C)C)N(C)C(=O)[C@@H](C)NC(=O)CCC(=O)CN(C)C(=O)C(CCCCNC(=O)CCCSSc2ccccn2)N1. The third-order valence-electron chi connectivity index (χ3n) is 16.4. The molecule has 1 saturated heterocycles. The number of carbonyl (C=O) groups is 11. The van der Waals surface area contributed by atoms with Gasteiger partial charge in [0, 0.05) is 105 Å². The van der Waals surface area contributed by atoms with E-state index >= 15 is 9.59 Å². The van der Waals surface area contributed by atoms with Crippen LogP contribution in [0.25, 0.3) is 0 Å². The number of allylic oxidation sites excluding steroid dienone is 2. The van der Waals surface area contributed by atoms with Crippen molar-refractivity contribution in [3.63, 3.8) is 0 Å². The minimum Gasteiger partial charge on any atom is -0.390 e. The van der Waals surface area contributed by atoms with E-state index in [1.165, 1.54) is 85.7 Å². The number of ketones is 2. The summed E-state index contributed by atoms with van der Waals surface area (Å²) in [4.78, 5) is 169. The van der Waals surface area contributed by atoms with E-state index in [4.69, 9.17) is 0 Å². The normalized spacial score (nSPS) is 23.3. The van der Waals surface area contributed by atoms with Gasteiger partial charge in [-0.1, -0.05) is 91.0 Å². The second-order valence-corrected chi connectivity index (χ2v) is 28.0. The molecule has 0 aromatic carbocycles. The molecule has 1 fully saturated rings. The van der Waals surface area contributed by atoms with Crippen LogP contribution in [0.3, 0.4) is 0 Å². The van der Waals surface area contributed by atoms with Crippen molar-refractivity contribution in [2.75, 3.05) is 81.3 Å². The molecule has 2 rings (SSSR count). The fourth-order valence-electron chi connectivity index (χ4n) is 10.9. The lowest BCUT2D eigenvalue weighted by Crippen LogP contribution is -2.61. The molecule has 1 aromatic rings. The van der Waals surface area contributed by atoms with Crippen LogP contribution in [0.4, 0.5) is 0 Å². The van der Waals surface area contributed by atoms with E-state index in [-0.39, 0.29) is 75.1 Å². The van der Waals surface area contributed by atoms with Crippen LogP contribution in [-0.2, 0) is 52.7 Å². The summed E-state index contributed by atoms with van der Waals surface area (Å²) in [5.74, 6) is -7.31. The summed E-state index contributed by atoms with van der Waals surface area (Å²) < 4.78 is 0. The molecule has 23 nitrogen and oxygen atoms in total. The van der Waals surface area contributed by atoms with E-state index in [1.54, 1.807) is 61.6 Å². The average Bonchev–Trinajstić information content (AvgIpc) is 1.15. The lowest BCUT2D eigenvalue weighted by atomic mass is 9.86. The standard InChI is InChI=1S/C66H109N11O12S2/c1-19-21-27-45(9)60(83)59-53(79)38-48(20-2)62(85)73(14)41-57(82)71(12)39-46(10)69-50(28-22-24-33-67-54(80)29-26-35-90-91-56-30-23-25-34-68-56)63(86)72(13)40-49(78)31-32-55(81)70-47(11)61(84)74(15)51(36-42(3)4)64(87)75(16)52(37-43(5)6)65(88)76(17)58(44(7)8)66(89)77(59)18/h19,21,23,25,30,34,42-45,47-48,50-52,58-60,69,83H,10,20,22,24,26-29,31-33,35-41H2,1-9,11-18H3,(H,67,80)(H,70,81)/b21-19+/t45-,47-,48-,50?,51+,52+,58+,59-,60-/m1/s1. The Morgan fingerprint density at radius 3 is 1.89 bits per heavy atom. The summed E-state index contributed by atoms with van der Waals surface area (Å²) in [5.41, 5.74) is 0.268. The van der Waals surface area contributed by atoms with Crippen molar-refractivity contribution >= 4 is 86.3 Å². The van der Waals surface area contributed by atoms with Crippen LogP contribution in [0.5, 0.6) is 0 Å². The van der Waals surface area contributed by atoms with Crippen LogP contribution < -0.4 is 16.0 Å². The quantitative estimate of drug-likeness (QED) is 0.0661. The minimum atomic E-state index is -1.48. The number of likely N-dealkylation sites (N-methyl/N-ethyl adjacent to an activating group) is 7. The van der Waals surface area contributed by atoms with Gasteiger partial charge in [-0.25, -0.2) is 4.98 Å². The highest BCUT2D eigenvalue weighted by Gasteiger charge is 2.45. The number of aliphatic hydroxyl groups excluding tert-OH is 1. The van der Waals surface area contributed by atoms with Gasteiger partial charge in [0.05, 0.1) is 25.7 Å². The summed E-state index contributed by atoms with van der Waals surface area (Å²) in [5, 5.41) is 21.7. The van der Waals surface area contributed by atoms with Crippen molar-refractivity contribution < 1.29 is 57.8 Å². The van der Waals surface area contributed by atoms with E-state index in [9.17, 15) is 48.3 Å². The molecule has 4 N–H and O–H groups in total. The third-order valence-corrected chi connectivity index (χ3v) is 18.7. The van der Waals surface area contributed by atoms with Gasteiger partial charge in [0.2, 0.25) is 53.2 Å². The first-order valence-electron chi connectivity index (χ1n) is 32.1. The lowest BCUT2D eigenvalue weighted by molar-refractivity contribution is -0.157. The Kier molecular flexibility index (Phi) is 36.0. The fraction of sp³-hybridized carbons (Fsp3) is 0.697. The number of aromatic nitrogens is 1. The van der Waals surface area contributed by atoms with Gasteiger partial charge in [-0.15, -0.1) is 0 Å². The van der Waals surface area contributed by atoms with Gasteiger partial charge in [-0.05, 0) is 112 Å². The molecule has 2 heterocycles. The first-order chi connectivity index (χ1) is 42.7. The van der Waals surface area contributed by atoms with Crippen molar-refractivity contribution in [2.24, 2.45) is 29.6 Å². The second-order valence-electron chi connectivity index (χ2n) is 25.6. The molecule has 0 bridgehead atoms. The summed E-state index contributed by atoms with van der Waals surface area (Å²) in [6.45, 7) is 21.4. The first-order valence-corrected chi connectivity index (χ1v) is 34.4. The molecule has 9 amide bonds. The van der Waals surface area contributed by atoms with Crippen molar-refractivity contribution in [2.45, 2.75) is 194 Å². The predicted octanol–water partition coefficient (Wildman–Crippen LogP) is 5.61. The highest BCUT2D eigenvalue weighted by Crippen LogP contribution is 2.30. The summed E-state index contributed by atoms with van der Waals surface area (Å²) in [6, 6.07) is -1.34. The summed E-state index contributed by atoms with van der Waals surface area (Å²) in [6.07, 6.45) is 6.02. The van der Waals surface area contributed by atoms with E-state index < -0.39 is 132 Å². The van der Waals surface area contributed by atoms with Crippen LogP contribution in [-0.4, -0.2) is 233 Å². The van der Waals surface area contributed by atoms with Crippen LogP contribution in [0.15, 0.2) is 53.8 Å². The number of pyridine rings is 1. The number of amides is 9. The third kappa shape index (κ3) is 26.7. The van der Waals surface area contributed by atoms with Crippen LogP contribution in [0, 0.1) is 29.6 Å². The topological polar surface area (TPSA) is 280 Å². The maximum absolute atomic E-state index is 15.1. The van der Waals surface area contributed by atoms with E-state index in [1.807, 2.05) is 58.9 Å². The Hall–Kier alpha value is -6.34. The first kappa shape index (κ1) is 80.8. The number of nitrogens with zero attached hydrogens (tertiary/aromatic N) is 8. The van der Waals surface area contributed by atoms with Crippen LogP contribution in [0.1, 0.15) is 146 Å². The highest BCUT2D eigenvalue weighted by atomic mass is 33.1. The molecule has 0 radical (unpaired) electrons. The smallest absolute Gasteiger partial charge is 0.246 e. The molecule has 1 aliphatic heterocycles. The monoisotopic (exact) mass is 1310 g/mol. The molecule has 9 atom stereocenters. The number of Topliss-reactive ketones (excluding diaryl/α,β-unsaturated/α-hetero) is 2. The summed E-state index contributed by atoms with van der Waals surface area (Å²) >= 11 is 0. The minimum absolute atomic E-state index is 0.100. The number of hydrogen-bond donors (Lipinski definition) is 4. The molecule has 1 unspecified atom stereocenters. The molecule has 1 aromatic heterocycles. The molecule has 0 spiro atoms. The zero-order valence-corrected chi connectivity index (χ0v) is 59.1. The van der Waals surface area contributed by atoms with Crippen molar-refractivity contribution in [1.82, 2.24) is 55.2 Å². The van der Waals surface area contributed by atoms with Gasteiger partial charge in [0.1, 0.15) is 41.3 Å². The highest BCUT2D eigenvalue weighted by molar-refractivity contribution is 8.76. The van der Waals surface area contributed by atoms with E-state index in [0.29, 0.717) is 38.6 Å². The molecular weight excluding hydrogens is 1200 g/mol. The number of aliphatic hydroxyl groups is 1. The van der Waals surface area contributed by atoms with Gasteiger partial charge in [-0.2, -0.15) is 0 Å². The summed E-state index contributed by atoms with van der Waals surface area (Å²) in [7, 11) is 13.3. The number of nitrogens with one attached hydrogen (secondary N) is 3. The largest absolute Gasteiger partial charge is 0.390 e. The maximum atomic E-state index is 15.1. The molecule has 0 saturated carbocycles. The number of hydrogen-bond acceptors (Lipinski definition) is 16. The number of unbranched alkanes of at least 4 members (excludes halogenated alkanes) is 1. The van der Waals surface area contributed by atoms with Gasteiger partial charge in [0.25, 0.3) is 0 Å². The number of rotatable bonds is 21. The van der Waals surface area contributed by atoms with Crippen molar-refractivity contribution in [1.29, 1.82) is 0 Å². The van der Waals surface area contributed by atoms with Crippen LogP contribution >= 0.6 is 21.6 Å². The molecule has 512 valence electrons. The lowest BCUT2D eigenvalue weighted by Gasteiger charge is -2.41. The number of carbonyl (C=O) groups excluding carboxylic acids is 11. The van der Waals surface area contributed by atoms with Gasteiger partial charge in [0.15, 0.2) is 11.6 Å². The zero-order valence-electron chi connectivity index (χ0n) is 57.5. The predicted molar refractivity (Wildman–Crippen MR) is 357 cm³/mol. The fourth-order valence-corrected chi connectivity index (χ4v) is 12.9. The molecule has 91 heavy (non-hydrogen) atoms. The van der Waals surface area contributed by atoms with Crippen molar-refractivity contribution in [3.05, 3.63) is 48.8 Å². The Morgan fingerprint density at radius 2 is 1.32 bits per heavy atom. The maximum Gasteiger partial charge on any atom is 0.246 e. The van der Waals surface area contributed by atoms with Gasteiger partial charge in [-0.3, -0.25) is 52.7 Å². The zero-order chi connectivity index (χ0) is 69.0. The Labute approximate surface area is 550 Å². The van der Waals surface area contributed by atoms with Gasteiger partial charge >= 0.3 is 0 Å². The van der Waals surface area contributed by atoms with Crippen molar-refractivity contribution in [3.8, 4) is 0 Å². The Balaban J connectivity index is 2.63. The molecule has 1 aliphatic rings. The average molecular weight is 1310 g/mol. The Bertz CT molecular complexity index is 2630. The van der Waals surface area contributed by atoms with Gasteiger partial charge < -0.3 is 55.4 Å². The Morgan fingerprint density at radius 1 is 0.725 bits per heavy atom. The molecular formula is C66H109N11O12S2.